The van der Waals surface area contributed by atoms with Crippen molar-refractivity contribution in [3.8, 4) is 22.8 Å². The third kappa shape index (κ3) is 8.97. The Kier molecular flexibility index (Phi) is 10.7. The average molecular weight is 547 g/mol. The van der Waals surface area contributed by atoms with Gasteiger partial charge in [0.2, 0.25) is 0 Å². The molecule has 0 saturated carbocycles. The average Bonchev–Trinajstić information content (AvgIpc) is 2.98. The van der Waals surface area contributed by atoms with Gasteiger partial charge < -0.3 is 9.47 Å². The van der Waals surface area contributed by atoms with Gasteiger partial charge >= 0.3 is 11.9 Å². The van der Waals surface area contributed by atoms with Gasteiger partial charge in [0, 0.05) is 23.9 Å². The van der Waals surface area contributed by atoms with Crippen molar-refractivity contribution in [2.45, 2.75) is 26.1 Å². The summed E-state index contributed by atoms with van der Waals surface area (Å²) < 4.78 is 10.7. The summed E-state index contributed by atoms with van der Waals surface area (Å²) in [5.41, 5.74) is 4.34. The molecule has 0 aromatic carbocycles. The first-order valence-corrected chi connectivity index (χ1v) is 14.5. The molecule has 194 valence electrons. The van der Waals surface area contributed by atoms with E-state index in [1.54, 1.807) is 12.4 Å². The van der Waals surface area contributed by atoms with Gasteiger partial charge in [-0.05, 0) is 48.5 Å². The van der Waals surface area contributed by atoms with Crippen molar-refractivity contribution in [1.82, 2.24) is 19.9 Å². The molecule has 0 spiro atoms. The molecule has 4 aromatic rings. The minimum Gasteiger partial charge on any atom is -0.459 e. The van der Waals surface area contributed by atoms with Gasteiger partial charge in [-0.2, -0.15) is 0 Å². The van der Waals surface area contributed by atoms with Crippen molar-refractivity contribution in [2.24, 2.45) is 0 Å². The van der Waals surface area contributed by atoms with Gasteiger partial charge in [0.1, 0.15) is 13.2 Å². The van der Waals surface area contributed by atoms with Crippen LogP contribution in [-0.2, 0) is 32.3 Å². The molecule has 0 bridgehead atoms. The first-order valence-electron chi connectivity index (χ1n) is 12.0. The number of esters is 2. The summed E-state index contributed by atoms with van der Waals surface area (Å²) in [5.74, 6) is 0.597. The molecule has 4 rings (SSSR count). The summed E-state index contributed by atoms with van der Waals surface area (Å²) in [4.78, 5) is 41.7. The van der Waals surface area contributed by atoms with Crippen molar-refractivity contribution in [2.75, 3.05) is 11.5 Å². The molecule has 0 saturated heterocycles. The predicted octanol–water partition coefficient (Wildman–Crippen LogP) is 5.55. The van der Waals surface area contributed by atoms with E-state index in [4.69, 9.17) is 9.47 Å². The lowest BCUT2D eigenvalue weighted by molar-refractivity contribution is -0.145. The molecule has 8 nitrogen and oxygen atoms in total. The zero-order valence-electron chi connectivity index (χ0n) is 20.6. The zero-order valence-corrected chi connectivity index (χ0v) is 22.2. The van der Waals surface area contributed by atoms with E-state index in [0.29, 0.717) is 22.9 Å². The van der Waals surface area contributed by atoms with E-state index in [1.807, 2.05) is 72.8 Å². The lowest BCUT2D eigenvalue weighted by Crippen LogP contribution is -2.07. The molecule has 0 aliphatic rings. The Labute approximate surface area is 229 Å². The molecule has 0 unspecified atom stereocenters. The Balaban J connectivity index is 1.07. The molecule has 10 heteroatoms. The number of rotatable bonds is 13. The minimum atomic E-state index is -0.289. The Morgan fingerprint density at radius 2 is 1.03 bits per heavy atom. The van der Waals surface area contributed by atoms with Crippen LogP contribution in [0.4, 0.5) is 0 Å². The standard InChI is InChI=1S/C28H26N4O4S2/c33-27(35-19-21-7-5-11-25(31-21)23-9-1-3-15-29-23)13-17-37-38-18-14-28(34)36-20-22-8-6-12-26(32-22)24-10-2-4-16-30-24/h1-12,15-16H,13-14,17-20H2. The van der Waals surface area contributed by atoms with Gasteiger partial charge in [0.15, 0.2) is 0 Å². The maximum atomic E-state index is 12.1. The number of aromatic nitrogens is 4. The molecule has 0 fully saturated rings. The van der Waals surface area contributed by atoms with Crippen LogP contribution in [0.15, 0.2) is 85.2 Å². The highest BCUT2D eigenvalue weighted by molar-refractivity contribution is 8.76. The number of carbonyl (C=O) groups is 2. The second-order valence-corrected chi connectivity index (χ2v) is 10.6. The van der Waals surface area contributed by atoms with E-state index < -0.39 is 0 Å². The summed E-state index contributed by atoms with van der Waals surface area (Å²) in [6.45, 7) is 0.228. The lowest BCUT2D eigenvalue weighted by atomic mass is 10.2. The normalized spacial score (nSPS) is 10.6. The second kappa shape index (κ2) is 14.8. The highest BCUT2D eigenvalue weighted by Gasteiger charge is 2.09. The summed E-state index contributed by atoms with van der Waals surface area (Å²) >= 11 is 0. The topological polar surface area (TPSA) is 104 Å². The van der Waals surface area contributed by atoms with Crippen LogP contribution >= 0.6 is 21.6 Å². The molecule has 0 aliphatic heterocycles. The van der Waals surface area contributed by atoms with Crippen molar-refractivity contribution >= 4 is 33.5 Å². The largest absolute Gasteiger partial charge is 0.459 e. The van der Waals surface area contributed by atoms with E-state index in [9.17, 15) is 9.59 Å². The molecule has 38 heavy (non-hydrogen) atoms. The highest BCUT2D eigenvalue weighted by Crippen LogP contribution is 2.23. The summed E-state index contributed by atoms with van der Waals surface area (Å²) in [6, 6.07) is 22.4. The van der Waals surface area contributed by atoms with Crippen molar-refractivity contribution in [3.05, 3.63) is 96.6 Å². The predicted molar refractivity (Wildman–Crippen MR) is 149 cm³/mol. The first-order chi connectivity index (χ1) is 18.7. The number of ether oxygens (including phenoxy) is 2. The number of pyridine rings is 4. The summed E-state index contributed by atoms with van der Waals surface area (Å²) in [6.07, 6.45) is 3.98. The SMILES string of the molecule is O=C(CCSSCCC(=O)OCc1cccc(-c2ccccn2)n1)OCc1cccc(-c2ccccn2)n1. The van der Waals surface area contributed by atoms with Crippen LogP contribution in [0.2, 0.25) is 0 Å². The second-order valence-electron chi connectivity index (χ2n) is 7.92. The fourth-order valence-corrected chi connectivity index (χ4v) is 5.20. The third-order valence-corrected chi connectivity index (χ3v) is 7.50. The van der Waals surface area contributed by atoms with Gasteiger partial charge in [-0.15, -0.1) is 0 Å². The minimum absolute atomic E-state index is 0.114. The van der Waals surface area contributed by atoms with E-state index in [-0.39, 0.29) is 38.0 Å². The Hall–Kier alpha value is -3.76. The maximum Gasteiger partial charge on any atom is 0.307 e. The van der Waals surface area contributed by atoms with Gasteiger partial charge in [-0.25, -0.2) is 9.97 Å². The van der Waals surface area contributed by atoms with E-state index >= 15 is 0 Å². The highest BCUT2D eigenvalue weighted by atomic mass is 33.1. The quantitative estimate of drug-likeness (QED) is 0.120. The fraction of sp³-hybridized carbons (Fsp3) is 0.214. The molecule has 0 radical (unpaired) electrons. The third-order valence-electron chi connectivity index (χ3n) is 5.09. The van der Waals surface area contributed by atoms with Crippen LogP contribution in [-0.4, -0.2) is 43.4 Å². The smallest absolute Gasteiger partial charge is 0.307 e. The number of carbonyl (C=O) groups excluding carboxylic acids is 2. The van der Waals surface area contributed by atoms with E-state index in [0.717, 1.165) is 22.8 Å². The number of hydrogen-bond donors (Lipinski definition) is 0. The first kappa shape index (κ1) is 27.3. The van der Waals surface area contributed by atoms with Gasteiger partial charge in [-0.3, -0.25) is 19.6 Å². The van der Waals surface area contributed by atoms with Crippen molar-refractivity contribution in [3.63, 3.8) is 0 Å². The number of hydrogen-bond acceptors (Lipinski definition) is 10. The summed E-state index contributed by atoms with van der Waals surface area (Å²) in [7, 11) is 3.05. The van der Waals surface area contributed by atoms with Crippen molar-refractivity contribution in [1.29, 1.82) is 0 Å². The molecule has 0 aliphatic carbocycles. The maximum absolute atomic E-state index is 12.1. The number of nitrogens with zero attached hydrogens (tertiary/aromatic N) is 4. The van der Waals surface area contributed by atoms with E-state index in [2.05, 4.69) is 19.9 Å². The van der Waals surface area contributed by atoms with Crippen LogP contribution in [0.25, 0.3) is 22.8 Å². The monoisotopic (exact) mass is 546 g/mol. The van der Waals surface area contributed by atoms with Crippen LogP contribution in [0.1, 0.15) is 24.2 Å². The Morgan fingerprint density at radius 1 is 0.579 bits per heavy atom. The van der Waals surface area contributed by atoms with Crippen LogP contribution in [0, 0.1) is 0 Å². The van der Waals surface area contributed by atoms with E-state index in [1.165, 1.54) is 21.6 Å². The van der Waals surface area contributed by atoms with Gasteiger partial charge in [0.25, 0.3) is 0 Å². The molecule has 0 N–H and O–H groups in total. The molecular formula is C28H26N4O4S2. The fourth-order valence-electron chi connectivity index (χ4n) is 3.25. The zero-order chi connectivity index (χ0) is 26.4. The molecular weight excluding hydrogens is 520 g/mol. The van der Waals surface area contributed by atoms with Crippen LogP contribution < -0.4 is 0 Å². The molecule has 4 heterocycles. The van der Waals surface area contributed by atoms with Gasteiger partial charge in [0.05, 0.1) is 47.0 Å². The Morgan fingerprint density at radius 3 is 1.45 bits per heavy atom. The van der Waals surface area contributed by atoms with Crippen LogP contribution in [0.3, 0.4) is 0 Å². The lowest BCUT2D eigenvalue weighted by Gasteiger charge is -2.07. The Bertz CT molecular complexity index is 1220. The molecule has 0 atom stereocenters. The van der Waals surface area contributed by atoms with Crippen molar-refractivity contribution < 1.29 is 19.1 Å². The van der Waals surface area contributed by atoms with Gasteiger partial charge in [-0.1, -0.05) is 45.9 Å². The molecule has 0 amide bonds. The van der Waals surface area contributed by atoms with Crippen LogP contribution in [0.5, 0.6) is 0 Å². The molecule has 4 aromatic heterocycles. The summed E-state index contributed by atoms with van der Waals surface area (Å²) in [5, 5.41) is 0.